The number of hydrogen-bond acceptors (Lipinski definition) is 5. The third-order valence-corrected chi connectivity index (χ3v) is 3.12. The zero-order chi connectivity index (χ0) is 12.0. The maximum atomic E-state index is 11.4. The van der Waals surface area contributed by atoms with E-state index in [4.69, 9.17) is 5.26 Å². The van der Waals surface area contributed by atoms with Gasteiger partial charge in [-0.25, -0.2) is 9.89 Å². The zero-order valence-electron chi connectivity index (χ0n) is 9.36. The lowest BCUT2D eigenvalue weighted by atomic mass is 10.4. The van der Waals surface area contributed by atoms with Crippen molar-refractivity contribution in [3.05, 3.63) is 10.5 Å². The van der Waals surface area contributed by atoms with E-state index in [2.05, 4.69) is 21.6 Å². The summed E-state index contributed by atoms with van der Waals surface area (Å²) in [5.41, 5.74) is -0.192. The fraction of sp³-hybridized carbons (Fsp3) is 0.667. The van der Waals surface area contributed by atoms with Crippen LogP contribution in [0.15, 0.2) is 9.95 Å². The summed E-state index contributed by atoms with van der Waals surface area (Å²) in [7, 11) is 1.73. The Bertz CT molecular complexity index is 418. The average Bonchev–Trinajstić information content (AvgIpc) is 2.63. The van der Waals surface area contributed by atoms with Gasteiger partial charge in [-0.05, 0) is 13.5 Å². The van der Waals surface area contributed by atoms with Crippen molar-refractivity contribution >= 4 is 11.8 Å². The predicted molar refractivity (Wildman–Crippen MR) is 62.3 cm³/mol. The van der Waals surface area contributed by atoms with Crippen molar-refractivity contribution in [3.63, 3.8) is 0 Å². The van der Waals surface area contributed by atoms with Gasteiger partial charge in [-0.3, -0.25) is 4.57 Å². The summed E-state index contributed by atoms with van der Waals surface area (Å²) in [6.45, 7) is 2.65. The molecule has 7 heteroatoms. The Morgan fingerprint density at radius 2 is 2.50 bits per heavy atom. The second kappa shape index (κ2) is 6.35. The number of nitrogens with zero attached hydrogens (tertiary/aromatic N) is 3. The van der Waals surface area contributed by atoms with Gasteiger partial charge in [0.1, 0.15) is 6.04 Å². The van der Waals surface area contributed by atoms with Gasteiger partial charge in [-0.15, -0.1) is 5.10 Å². The number of H-pyrrole nitrogens is 1. The van der Waals surface area contributed by atoms with Gasteiger partial charge in [0, 0.05) is 12.3 Å². The van der Waals surface area contributed by atoms with Crippen molar-refractivity contribution in [2.75, 3.05) is 12.8 Å². The highest BCUT2D eigenvalue weighted by atomic mass is 32.2. The molecular formula is C9H15N5OS. The first-order valence-electron chi connectivity index (χ1n) is 5.07. The molecule has 1 unspecified atom stereocenters. The van der Waals surface area contributed by atoms with Crippen LogP contribution in [0, 0.1) is 11.3 Å². The maximum absolute atomic E-state index is 11.4. The van der Waals surface area contributed by atoms with Crippen LogP contribution >= 0.6 is 11.8 Å². The van der Waals surface area contributed by atoms with E-state index in [-0.39, 0.29) is 11.7 Å². The Balaban J connectivity index is 2.67. The van der Waals surface area contributed by atoms with E-state index >= 15 is 0 Å². The molecule has 1 rings (SSSR count). The van der Waals surface area contributed by atoms with Crippen LogP contribution in [0.5, 0.6) is 0 Å². The van der Waals surface area contributed by atoms with Gasteiger partial charge < -0.3 is 5.32 Å². The molecule has 1 atom stereocenters. The molecule has 16 heavy (non-hydrogen) atoms. The molecule has 0 aliphatic carbocycles. The highest BCUT2D eigenvalue weighted by Crippen LogP contribution is 2.14. The number of hydrogen-bond donors (Lipinski definition) is 2. The Hall–Kier alpha value is -1.26. The largest absolute Gasteiger partial charge is 0.343 e. The highest BCUT2D eigenvalue weighted by Gasteiger charge is 2.11. The van der Waals surface area contributed by atoms with Gasteiger partial charge in [0.05, 0.1) is 6.07 Å². The van der Waals surface area contributed by atoms with Gasteiger partial charge in [0.25, 0.3) is 0 Å². The Kier molecular flexibility index (Phi) is 5.08. The fourth-order valence-electron chi connectivity index (χ4n) is 1.18. The molecule has 0 amide bonds. The van der Waals surface area contributed by atoms with Crippen LogP contribution in [0.25, 0.3) is 0 Å². The minimum absolute atomic E-state index is 0.192. The van der Waals surface area contributed by atoms with Crippen molar-refractivity contribution < 1.29 is 0 Å². The first kappa shape index (κ1) is 12.8. The van der Waals surface area contributed by atoms with E-state index in [1.807, 2.05) is 6.92 Å². The molecule has 88 valence electrons. The van der Waals surface area contributed by atoms with E-state index in [0.29, 0.717) is 17.5 Å². The first-order valence-corrected chi connectivity index (χ1v) is 6.06. The molecule has 1 heterocycles. The van der Waals surface area contributed by atoms with Crippen molar-refractivity contribution in [2.45, 2.75) is 31.1 Å². The summed E-state index contributed by atoms with van der Waals surface area (Å²) in [4.78, 5) is 11.4. The lowest BCUT2D eigenvalue weighted by molar-refractivity contribution is 0.603. The third kappa shape index (κ3) is 3.12. The summed E-state index contributed by atoms with van der Waals surface area (Å²) >= 11 is 1.40. The van der Waals surface area contributed by atoms with Crippen molar-refractivity contribution in [1.82, 2.24) is 20.1 Å². The quantitative estimate of drug-likeness (QED) is 0.694. The van der Waals surface area contributed by atoms with Crippen LogP contribution in [0.1, 0.15) is 13.3 Å². The van der Waals surface area contributed by atoms with Gasteiger partial charge >= 0.3 is 5.69 Å². The smallest absolute Gasteiger partial charge is 0.304 e. The van der Waals surface area contributed by atoms with Crippen LogP contribution in [-0.4, -0.2) is 33.6 Å². The van der Waals surface area contributed by atoms with Crippen molar-refractivity contribution in [3.8, 4) is 6.07 Å². The monoisotopic (exact) mass is 241 g/mol. The Labute approximate surface area is 98.0 Å². The second-order valence-electron chi connectivity index (χ2n) is 3.24. The number of nitriles is 1. The number of rotatable bonds is 6. The topological polar surface area (TPSA) is 86.5 Å². The van der Waals surface area contributed by atoms with Gasteiger partial charge in [0.2, 0.25) is 0 Å². The number of aromatic nitrogens is 3. The van der Waals surface area contributed by atoms with E-state index in [1.165, 1.54) is 11.8 Å². The van der Waals surface area contributed by atoms with Crippen molar-refractivity contribution in [2.24, 2.45) is 0 Å². The molecule has 0 radical (unpaired) electrons. The molecule has 0 saturated heterocycles. The molecule has 0 aliphatic heterocycles. The summed E-state index contributed by atoms with van der Waals surface area (Å²) in [6, 6.07) is 1.89. The van der Waals surface area contributed by atoms with Gasteiger partial charge in [0.15, 0.2) is 5.16 Å². The van der Waals surface area contributed by atoms with Gasteiger partial charge in [-0.2, -0.15) is 5.26 Å². The van der Waals surface area contributed by atoms with E-state index in [1.54, 1.807) is 11.6 Å². The Morgan fingerprint density at radius 3 is 3.06 bits per heavy atom. The zero-order valence-corrected chi connectivity index (χ0v) is 10.2. The number of nitrogens with one attached hydrogen (secondary N) is 2. The summed E-state index contributed by atoms with van der Waals surface area (Å²) in [5.74, 6) is 0.570. The summed E-state index contributed by atoms with van der Waals surface area (Å²) in [6.07, 6.45) is 0.876. The van der Waals surface area contributed by atoms with Gasteiger partial charge in [-0.1, -0.05) is 18.7 Å². The molecule has 0 aliphatic rings. The third-order valence-electron chi connectivity index (χ3n) is 2.05. The number of thioether (sulfide) groups is 1. The maximum Gasteiger partial charge on any atom is 0.343 e. The number of aromatic amines is 1. The predicted octanol–water partition coefficient (Wildman–Crippen LogP) is 0.185. The van der Waals surface area contributed by atoms with Crippen LogP contribution < -0.4 is 11.0 Å². The van der Waals surface area contributed by atoms with E-state index < -0.39 is 0 Å². The summed E-state index contributed by atoms with van der Waals surface area (Å²) in [5, 5.41) is 18.6. The average molecular weight is 241 g/mol. The molecular weight excluding hydrogens is 226 g/mol. The molecule has 0 aromatic carbocycles. The van der Waals surface area contributed by atoms with Crippen LogP contribution in [0.2, 0.25) is 0 Å². The minimum Gasteiger partial charge on any atom is -0.304 e. The molecule has 0 spiro atoms. The molecule has 1 aromatic heterocycles. The fourth-order valence-corrected chi connectivity index (χ4v) is 2.17. The minimum atomic E-state index is -0.230. The highest BCUT2D eigenvalue weighted by molar-refractivity contribution is 7.99. The summed E-state index contributed by atoms with van der Waals surface area (Å²) < 4.78 is 1.59. The molecule has 0 bridgehead atoms. The molecule has 6 nitrogen and oxygen atoms in total. The van der Waals surface area contributed by atoms with E-state index in [0.717, 1.165) is 6.42 Å². The standard InChI is InChI=1S/C9H15N5OS/c1-3-4-14-8(15)12-13-9(14)16-6-7(5-10)11-2/h7,11H,3-4,6H2,1-2H3,(H,12,15). The van der Waals surface area contributed by atoms with Crippen LogP contribution in [-0.2, 0) is 6.54 Å². The lowest BCUT2D eigenvalue weighted by Gasteiger charge is -2.06. The molecule has 2 N–H and O–H groups in total. The normalized spacial score (nSPS) is 12.3. The Morgan fingerprint density at radius 1 is 1.75 bits per heavy atom. The molecule has 1 aromatic rings. The lowest BCUT2D eigenvalue weighted by Crippen LogP contribution is -2.26. The van der Waals surface area contributed by atoms with Crippen LogP contribution in [0.3, 0.4) is 0 Å². The first-order chi connectivity index (χ1) is 7.72. The molecule has 0 fully saturated rings. The van der Waals surface area contributed by atoms with E-state index in [9.17, 15) is 4.79 Å². The molecule has 0 saturated carbocycles. The second-order valence-corrected chi connectivity index (χ2v) is 4.23. The van der Waals surface area contributed by atoms with Crippen molar-refractivity contribution in [1.29, 1.82) is 5.26 Å². The SMILES string of the molecule is CCCn1c(SCC(C#N)NC)n[nH]c1=O. The van der Waals surface area contributed by atoms with Crippen LogP contribution in [0.4, 0.5) is 0 Å².